The largest absolute Gasteiger partial charge is 0.310 e. The normalized spacial score (nSPS) is 14.2. The Bertz CT molecular complexity index is 2580. The van der Waals surface area contributed by atoms with Gasteiger partial charge in [-0.05, 0) is 103 Å². The van der Waals surface area contributed by atoms with E-state index >= 15 is 0 Å². The van der Waals surface area contributed by atoms with Gasteiger partial charge in [-0.25, -0.2) is 0 Å². The van der Waals surface area contributed by atoms with Gasteiger partial charge in [-0.3, -0.25) is 0 Å². The Hall–Kier alpha value is -6.44. The lowest BCUT2D eigenvalue weighted by molar-refractivity contribution is 0.660. The van der Waals surface area contributed by atoms with Crippen LogP contribution in [0.4, 0.5) is 17.1 Å². The molecule has 53 heavy (non-hydrogen) atoms. The molecule has 0 heterocycles. The van der Waals surface area contributed by atoms with Crippen molar-refractivity contribution in [2.45, 2.75) is 24.7 Å². The zero-order valence-electron chi connectivity index (χ0n) is 30.0. The third kappa shape index (κ3) is 4.64. The SMILES string of the molecule is CC1(C)c2ccc(N(c3ccccc3)c3ccc4c(c3)C(c3ccccc3)(c3ccccc3)c3ccccc3-4)cc2-c2c(-c3ccccc3)cccc21. The van der Waals surface area contributed by atoms with E-state index in [4.69, 9.17) is 0 Å². The van der Waals surface area contributed by atoms with Crippen molar-refractivity contribution in [3.05, 3.63) is 234 Å². The van der Waals surface area contributed by atoms with Crippen LogP contribution in [-0.2, 0) is 10.8 Å². The number of benzene rings is 8. The summed E-state index contributed by atoms with van der Waals surface area (Å²) < 4.78 is 0. The molecule has 0 saturated heterocycles. The molecule has 0 aliphatic heterocycles. The fraction of sp³-hybridized carbons (Fsp3) is 0.0769. The highest BCUT2D eigenvalue weighted by molar-refractivity contribution is 5.95. The van der Waals surface area contributed by atoms with E-state index in [1.54, 1.807) is 0 Å². The summed E-state index contributed by atoms with van der Waals surface area (Å²) in [4.78, 5) is 2.44. The fourth-order valence-corrected chi connectivity index (χ4v) is 9.39. The number of hydrogen-bond donors (Lipinski definition) is 0. The van der Waals surface area contributed by atoms with Crippen molar-refractivity contribution in [3.8, 4) is 33.4 Å². The first kappa shape index (κ1) is 31.3. The van der Waals surface area contributed by atoms with Crippen LogP contribution >= 0.6 is 0 Å². The second kappa shape index (κ2) is 12.1. The average molecular weight is 678 g/mol. The van der Waals surface area contributed by atoms with Crippen molar-refractivity contribution in [1.82, 2.24) is 0 Å². The van der Waals surface area contributed by atoms with Crippen LogP contribution < -0.4 is 4.90 Å². The molecule has 0 fully saturated rings. The van der Waals surface area contributed by atoms with E-state index in [1.165, 1.54) is 66.8 Å². The molecular formula is C52H39N. The van der Waals surface area contributed by atoms with Crippen LogP contribution in [0.2, 0.25) is 0 Å². The summed E-state index contributed by atoms with van der Waals surface area (Å²) in [6.07, 6.45) is 0. The van der Waals surface area contributed by atoms with Gasteiger partial charge < -0.3 is 4.90 Å². The van der Waals surface area contributed by atoms with Crippen LogP contribution in [0.15, 0.2) is 200 Å². The monoisotopic (exact) mass is 677 g/mol. The number of para-hydroxylation sites is 1. The number of anilines is 3. The zero-order chi connectivity index (χ0) is 35.6. The summed E-state index contributed by atoms with van der Waals surface area (Å²) in [7, 11) is 0. The second-order valence-electron chi connectivity index (χ2n) is 14.9. The van der Waals surface area contributed by atoms with Crippen molar-refractivity contribution in [3.63, 3.8) is 0 Å². The van der Waals surface area contributed by atoms with Crippen molar-refractivity contribution >= 4 is 17.1 Å². The van der Waals surface area contributed by atoms with Gasteiger partial charge in [-0.15, -0.1) is 0 Å². The van der Waals surface area contributed by atoms with Gasteiger partial charge >= 0.3 is 0 Å². The Balaban J connectivity index is 1.22. The van der Waals surface area contributed by atoms with Gasteiger partial charge in [0.25, 0.3) is 0 Å². The number of nitrogens with zero attached hydrogens (tertiary/aromatic N) is 1. The average Bonchev–Trinajstić information content (AvgIpc) is 3.65. The van der Waals surface area contributed by atoms with Crippen molar-refractivity contribution in [2.75, 3.05) is 4.90 Å². The molecular weight excluding hydrogens is 639 g/mol. The van der Waals surface area contributed by atoms with Crippen LogP contribution in [0.25, 0.3) is 33.4 Å². The molecule has 2 aliphatic rings. The highest BCUT2D eigenvalue weighted by Gasteiger charge is 2.46. The first-order valence-corrected chi connectivity index (χ1v) is 18.6. The Morgan fingerprint density at radius 2 is 0.868 bits per heavy atom. The molecule has 8 aromatic carbocycles. The molecule has 0 amide bonds. The van der Waals surface area contributed by atoms with Crippen LogP contribution in [0.1, 0.15) is 47.2 Å². The second-order valence-corrected chi connectivity index (χ2v) is 14.9. The molecule has 0 bridgehead atoms. The molecule has 0 spiro atoms. The highest BCUT2D eigenvalue weighted by Crippen LogP contribution is 2.58. The minimum absolute atomic E-state index is 0.115. The Morgan fingerprint density at radius 1 is 0.340 bits per heavy atom. The molecule has 0 aromatic heterocycles. The molecule has 0 N–H and O–H groups in total. The third-order valence-electron chi connectivity index (χ3n) is 11.7. The zero-order valence-corrected chi connectivity index (χ0v) is 30.0. The van der Waals surface area contributed by atoms with Gasteiger partial charge in [-0.1, -0.05) is 178 Å². The quantitative estimate of drug-likeness (QED) is 0.169. The molecule has 1 heteroatoms. The Morgan fingerprint density at radius 3 is 1.57 bits per heavy atom. The van der Waals surface area contributed by atoms with Crippen LogP contribution in [0.3, 0.4) is 0 Å². The lowest BCUT2D eigenvalue weighted by Crippen LogP contribution is -2.28. The number of fused-ring (bicyclic) bond motifs is 6. The van der Waals surface area contributed by atoms with E-state index in [9.17, 15) is 0 Å². The van der Waals surface area contributed by atoms with Crippen LogP contribution in [0.5, 0.6) is 0 Å². The third-order valence-corrected chi connectivity index (χ3v) is 11.7. The maximum absolute atomic E-state index is 2.46. The van der Waals surface area contributed by atoms with Crippen LogP contribution in [-0.4, -0.2) is 0 Å². The minimum Gasteiger partial charge on any atom is -0.310 e. The summed E-state index contributed by atoms with van der Waals surface area (Å²) in [5.41, 5.74) is 18.5. The van der Waals surface area contributed by atoms with Crippen LogP contribution in [0, 0.1) is 0 Å². The minimum atomic E-state index is -0.474. The number of rotatable bonds is 6. The van der Waals surface area contributed by atoms with E-state index in [0.717, 1.165) is 17.1 Å². The predicted octanol–water partition coefficient (Wildman–Crippen LogP) is 13.5. The Labute approximate surface area is 312 Å². The fourth-order valence-electron chi connectivity index (χ4n) is 9.39. The topological polar surface area (TPSA) is 3.24 Å². The first-order chi connectivity index (χ1) is 26.1. The molecule has 0 unspecified atom stereocenters. The molecule has 252 valence electrons. The smallest absolute Gasteiger partial charge is 0.0714 e. The van der Waals surface area contributed by atoms with E-state index in [-0.39, 0.29) is 5.41 Å². The maximum Gasteiger partial charge on any atom is 0.0714 e. The molecule has 10 rings (SSSR count). The first-order valence-electron chi connectivity index (χ1n) is 18.6. The van der Waals surface area contributed by atoms with Crippen molar-refractivity contribution < 1.29 is 0 Å². The van der Waals surface area contributed by atoms with E-state index in [2.05, 4.69) is 219 Å². The summed E-state index contributed by atoms with van der Waals surface area (Å²) in [5, 5.41) is 0. The molecule has 1 nitrogen and oxygen atoms in total. The summed E-state index contributed by atoms with van der Waals surface area (Å²) in [5.74, 6) is 0. The van der Waals surface area contributed by atoms with Crippen molar-refractivity contribution in [1.29, 1.82) is 0 Å². The van der Waals surface area contributed by atoms with E-state index in [1.807, 2.05) is 0 Å². The van der Waals surface area contributed by atoms with Gasteiger partial charge in [-0.2, -0.15) is 0 Å². The van der Waals surface area contributed by atoms with Gasteiger partial charge in [0.15, 0.2) is 0 Å². The predicted molar refractivity (Wildman–Crippen MR) is 221 cm³/mol. The van der Waals surface area contributed by atoms with E-state index < -0.39 is 5.41 Å². The summed E-state index contributed by atoms with van der Waals surface area (Å²) in [6.45, 7) is 4.73. The maximum atomic E-state index is 2.46. The molecule has 0 radical (unpaired) electrons. The molecule has 0 saturated carbocycles. The highest BCUT2D eigenvalue weighted by atomic mass is 15.1. The van der Waals surface area contributed by atoms with E-state index in [0.29, 0.717) is 0 Å². The van der Waals surface area contributed by atoms with Gasteiger partial charge in [0.05, 0.1) is 5.41 Å². The van der Waals surface area contributed by atoms with Gasteiger partial charge in [0.2, 0.25) is 0 Å². The Kier molecular flexibility index (Phi) is 7.13. The van der Waals surface area contributed by atoms with Gasteiger partial charge in [0.1, 0.15) is 0 Å². The summed E-state index contributed by atoms with van der Waals surface area (Å²) >= 11 is 0. The van der Waals surface area contributed by atoms with Gasteiger partial charge in [0, 0.05) is 22.5 Å². The van der Waals surface area contributed by atoms with Crippen molar-refractivity contribution in [2.24, 2.45) is 0 Å². The summed E-state index contributed by atoms with van der Waals surface area (Å²) in [6, 6.07) is 73.9. The lowest BCUT2D eigenvalue weighted by Gasteiger charge is -2.35. The molecule has 0 atom stereocenters. The molecule has 8 aromatic rings. The molecule has 2 aliphatic carbocycles. The standard InChI is InChI=1S/C52H39N/c1-51(2)46-33-31-40(34-45(46)50-42(27-17-29-48(50)51)36-18-7-3-8-19-36)53(39-24-13-6-14-25-39)41-30-32-44-43-26-15-16-28-47(43)52(49(44)35-41,37-20-9-4-10-21-37)38-22-11-5-12-23-38/h3-35H,1-2H3. The lowest BCUT2D eigenvalue weighted by atomic mass is 9.67. The number of hydrogen-bond acceptors (Lipinski definition) is 1.